The van der Waals surface area contributed by atoms with Crippen LogP contribution in [0.4, 0.5) is 5.69 Å². The largest absolute Gasteiger partial charge is 0.325 e. The van der Waals surface area contributed by atoms with Gasteiger partial charge in [0, 0.05) is 17.5 Å². The van der Waals surface area contributed by atoms with Crippen LogP contribution in [0.2, 0.25) is 0 Å². The second-order valence-corrected chi connectivity index (χ2v) is 5.51. The van der Waals surface area contributed by atoms with E-state index < -0.39 is 0 Å². The molecule has 0 saturated carbocycles. The Morgan fingerprint density at radius 3 is 2.82 bits per heavy atom. The normalized spacial score (nSPS) is 19.2. The highest BCUT2D eigenvalue weighted by Gasteiger charge is 2.15. The lowest BCUT2D eigenvalue weighted by molar-refractivity contribution is -0.115. The molecule has 1 atom stereocenters. The van der Waals surface area contributed by atoms with E-state index in [0.29, 0.717) is 12.6 Å². The summed E-state index contributed by atoms with van der Waals surface area (Å²) in [5.74, 6) is 2.36. The quantitative estimate of drug-likeness (QED) is 0.859. The van der Waals surface area contributed by atoms with E-state index in [9.17, 15) is 4.79 Å². The van der Waals surface area contributed by atoms with Crippen LogP contribution in [0.25, 0.3) is 0 Å². The average molecular weight is 250 g/mol. The molecule has 1 aromatic rings. The van der Waals surface area contributed by atoms with Crippen LogP contribution in [0.5, 0.6) is 0 Å². The Kier molecular flexibility index (Phi) is 4.45. The third-order valence-corrected chi connectivity index (χ3v) is 3.98. The van der Waals surface area contributed by atoms with Crippen molar-refractivity contribution in [3.63, 3.8) is 0 Å². The number of rotatable bonds is 4. The van der Waals surface area contributed by atoms with Crippen LogP contribution in [-0.4, -0.2) is 30.0 Å². The van der Waals surface area contributed by atoms with Crippen molar-refractivity contribution < 1.29 is 4.79 Å². The van der Waals surface area contributed by atoms with Gasteiger partial charge in [-0.05, 0) is 31.2 Å². The van der Waals surface area contributed by atoms with Crippen molar-refractivity contribution in [2.75, 3.05) is 23.4 Å². The number of aryl methyl sites for hydroxylation is 1. The van der Waals surface area contributed by atoms with Gasteiger partial charge in [-0.3, -0.25) is 4.79 Å². The number of nitrogens with one attached hydrogen (secondary N) is 2. The molecular formula is C13H18N2OS. The van der Waals surface area contributed by atoms with Gasteiger partial charge >= 0.3 is 0 Å². The Balaban J connectivity index is 1.74. The van der Waals surface area contributed by atoms with Crippen LogP contribution in [0, 0.1) is 6.92 Å². The highest BCUT2D eigenvalue weighted by atomic mass is 32.2. The van der Waals surface area contributed by atoms with Crippen LogP contribution in [0.1, 0.15) is 12.0 Å². The molecule has 17 heavy (non-hydrogen) atoms. The molecule has 1 unspecified atom stereocenters. The lowest BCUT2D eigenvalue weighted by Crippen LogP contribution is -2.36. The van der Waals surface area contributed by atoms with Gasteiger partial charge in [0.15, 0.2) is 0 Å². The lowest BCUT2D eigenvalue weighted by atomic mass is 10.2. The SMILES string of the molecule is Cc1ccc(NC(=O)CNC2CCSC2)cc1. The molecule has 1 aromatic carbocycles. The fourth-order valence-corrected chi connectivity index (χ4v) is 2.96. The van der Waals surface area contributed by atoms with Crippen molar-refractivity contribution in [2.45, 2.75) is 19.4 Å². The number of amides is 1. The number of carbonyl (C=O) groups excluding carboxylic acids is 1. The Morgan fingerprint density at radius 1 is 1.41 bits per heavy atom. The molecule has 1 heterocycles. The van der Waals surface area contributed by atoms with Gasteiger partial charge < -0.3 is 10.6 Å². The first-order valence-corrected chi connectivity index (χ1v) is 7.07. The first kappa shape index (κ1) is 12.5. The number of hydrogen-bond donors (Lipinski definition) is 2. The maximum atomic E-state index is 11.7. The molecule has 4 heteroatoms. The average Bonchev–Trinajstić information content (AvgIpc) is 2.83. The van der Waals surface area contributed by atoms with E-state index in [1.165, 1.54) is 17.7 Å². The van der Waals surface area contributed by atoms with Crippen molar-refractivity contribution in [3.8, 4) is 0 Å². The van der Waals surface area contributed by atoms with E-state index in [-0.39, 0.29) is 5.91 Å². The fraction of sp³-hybridized carbons (Fsp3) is 0.462. The Morgan fingerprint density at radius 2 is 2.18 bits per heavy atom. The summed E-state index contributed by atoms with van der Waals surface area (Å²) >= 11 is 1.95. The summed E-state index contributed by atoms with van der Waals surface area (Å²) in [7, 11) is 0. The molecule has 1 amide bonds. The van der Waals surface area contributed by atoms with Gasteiger partial charge in [-0.1, -0.05) is 17.7 Å². The van der Waals surface area contributed by atoms with Crippen LogP contribution < -0.4 is 10.6 Å². The van der Waals surface area contributed by atoms with Crippen LogP contribution in [-0.2, 0) is 4.79 Å². The van der Waals surface area contributed by atoms with E-state index in [0.717, 1.165) is 11.4 Å². The molecule has 1 saturated heterocycles. The van der Waals surface area contributed by atoms with Crippen LogP contribution in [0.15, 0.2) is 24.3 Å². The third-order valence-electron chi connectivity index (χ3n) is 2.82. The van der Waals surface area contributed by atoms with Gasteiger partial charge in [0.25, 0.3) is 0 Å². The predicted octanol–water partition coefficient (Wildman–Crippen LogP) is 2.03. The summed E-state index contributed by atoms with van der Waals surface area (Å²) in [5, 5.41) is 6.16. The monoisotopic (exact) mass is 250 g/mol. The highest BCUT2D eigenvalue weighted by Crippen LogP contribution is 2.16. The molecule has 2 N–H and O–H groups in total. The number of benzene rings is 1. The third kappa shape index (κ3) is 4.06. The smallest absolute Gasteiger partial charge is 0.238 e. The summed E-state index contributed by atoms with van der Waals surface area (Å²) < 4.78 is 0. The first-order valence-electron chi connectivity index (χ1n) is 5.92. The molecular weight excluding hydrogens is 232 g/mol. The second kappa shape index (κ2) is 6.07. The van der Waals surface area contributed by atoms with E-state index in [4.69, 9.17) is 0 Å². The van der Waals surface area contributed by atoms with E-state index >= 15 is 0 Å². The zero-order valence-corrected chi connectivity index (χ0v) is 10.8. The molecule has 1 fully saturated rings. The Labute approximate surface area is 106 Å². The van der Waals surface area contributed by atoms with Gasteiger partial charge in [-0.25, -0.2) is 0 Å². The number of carbonyl (C=O) groups is 1. The molecule has 0 aromatic heterocycles. The minimum Gasteiger partial charge on any atom is -0.325 e. The lowest BCUT2D eigenvalue weighted by Gasteiger charge is -2.11. The second-order valence-electron chi connectivity index (χ2n) is 4.36. The van der Waals surface area contributed by atoms with E-state index in [2.05, 4.69) is 10.6 Å². The van der Waals surface area contributed by atoms with Gasteiger partial charge in [-0.2, -0.15) is 11.8 Å². The summed E-state index contributed by atoms with van der Waals surface area (Å²) in [5.41, 5.74) is 2.06. The van der Waals surface area contributed by atoms with Crippen molar-refractivity contribution in [3.05, 3.63) is 29.8 Å². The van der Waals surface area contributed by atoms with Crippen LogP contribution in [0.3, 0.4) is 0 Å². The van der Waals surface area contributed by atoms with Crippen molar-refractivity contribution in [1.29, 1.82) is 0 Å². The summed E-state index contributed by atoms with van der Waals surface area (Å²) in [4.78, 5) is 11.7. The zero-order chi connectivity index (χ0) is 12.1. The molecule has 0 spiro atoms. The maximum absolute atomic E-state index is 11.7. The van der Waals surface area contributed by atoms with Crippen molar-refractivity contribution >= 4 is 23.4 Å². The van der Waals surface area contributed by atoms with Gasteiger partial charge in [-0.15, -0.1) is 0 Å². The van der Waals surface area contributed by atoms with Gasteiger partial charge in [0.05, 0.1) is 6.54 Å². The molecule has 0 aliphatic carbocycles. The number of anilines is 1. The first-order chi connectivity index (χ1) is 8.24. The summed E-state index contributed by atoms with van der Waals surface area (Å²) in [6, 6.07) is 8.36. The number of hydrogen-bond acceptors (Lipinski definition) is 3. The zero-order valence-electron chi connectivity index (χ0n) is 10.0. The Hall–Kier alpha value is -1.00. The predicted molar refractivity (Wildman–Crippen MR) is 73.5 cm³/mol. The minimum absolute atomic E-state index is 0.0331. The topological polar surface area (TPSA) is 41.1 Å². The molecule has 0 bridgehead atoms. The molecule has 2 rings (SSSR count). The molecule has 3 nitrogen and oxygen atoms in total. The highest BCUT2D eigenvalue weighted by molar-refractivity contribution is 7.99. The van der Waals surface area contributed by atoms with Crippen LogP contribution >= 0.6 is 11.8 Å². The standard InChI is InChI=1S/C13H18N2OS/c1-10-2-4-11(5-3-10)15-13(16)8-14-12-6-7-17-9-12/h2-5,12,14H,6-9H2,1H3,(H,15,16). The summed E-state index contributed by atoms with van der Waals surface area (Å²) in [6.45, 7) is 2.43. The molecule has 1 aliphatic heterocycles. The van der Waals surface area contributed by atoms with Gasteiger partial charge in [0.1, 0.15) is 0 Å². The maximum Gasteiger partial charge on any atom is 0.238 e. The molecule has 1 aliphatic rings. The van der Waals surface area contributed by atoms with Crippen molar-refractivity contribution in [2.24, 2.45) is 0 Å². The van der Waals surface area contributed by atoms with E-state index in [1.807, 2.05) is 43.0 Å². The number of thioether (sulfide) groups is 1. The summed E-state index contributed by atoms with van der Waals surface area (Å²) in [6.07, 6.45) is 1.17. The molecule has 92 valence electrons. The fourth-order valence-electron chi connectivity index (χ4n) is 1.77. The van der Waals surface area contributed by atoms with Crippen molar-refractivity contribution in [1.82, 2.24) is 5.32 Å². The minimum atomic E-state index is 0.0331. The van der Waals surface area contributed by atoms with Gasteiger partial charge in [0.2, 0.25) is 5.91 Å². The Bertz CT molecular complexity index is 372. The molecule has 0 radical (unpaired) electrons. The van der Waals surface area contributed by atoms with E-state index in [1.54, 1.807) is 0 Å².